The zero-order chi connectivity index (χ0) is 8.10. The number of allylic oxidation sites excluding steroid dienone is 1. The monoisotopic (exact) mass is 153 g/mol. The van der Waals surface area contributed by atoms with Crippen LogP contribution in [0.3, 0.4) is 0 Å². The van der Waals surface area contributed by atoms with E-state index in [2.05, 4.69) is 10.3 Å². The number of nitrogens with one attached hydrogen (secondary N) is 1. The second kappa shape index (κ2) is 4.13. The topological polar surface area (TPSA) is 50.4 Å². The van der Waals surface area contributed by atoms with Gasteiger partial charge in [0.2, 0.25) is 0 Å². The predicted octanol–water partition coefficient (Wildman–Crippen LogP) is 0.629. The van der Waals surface area contributed by atoms with E-state index in [1.165, 1.54) is 6.42 Å². The molecule has 3 nitrogen and oxygen atoms in total. The van der Waals surface area contributed by atoms with Crippen molar-refractivity contribution in [2.45, 2.75) is 25.8 Å². The van der Waals surface area contributed by atoms with Gasteiger partial charge in [0, 0.05) is 6.20 Å². The first kappa shape index (κ1) is 8.27. The molecule has 0 amide bonds. The molecule has 0 aliphatic carbocycles. The number of rotatable bonds is 2. The van der Waals surface area contributed by atoms with Crippen LogP contribution in [0.25, 0.3) is 0 Å². The summed E-state index contributed by atoms with van der Waals surface area (Å²) in [6.45, 7) is 3.00. The molecule has 0 bridgehead atoms. The molecular formula is C8H15N3. The second-order valence-corrected chi connectivity index (χ2v) is 2.69. The van der Waals surface area contributed by atoms with Crippen LogP contribution >= 0.6 is 0 Å². The van der Waals surface area contributed by atoms with Gasteiger partial charge in [-0.05, 0) is 26.3 Å². The van der Waals surface area contributed by atoms with Crippen LogP contribution in [0.5, 0.6) is 0 Å². The van der Waals surface area contributed by atoms with Crippen LogP contribution in [-0.2, 0) is 0 Å². The van der Waals surface area contributed by atoms with Crippen molar-refractivity contribution in [1.29, 1.82) is 0 Å². The third kappa shape index (κ3) is 2.35. The van der Waals surface area contributed by atoms with Crippen molar-refractivity contribution in [1.82, 2.24) is 5.32 Å². The number of nitrogens with zero attached hydrogens (tertiary/aromatic N) is 1. The summed E-state index contributed by atoms with van der Waals surface area (Å²) < 4.78 is 0. The van der Waals surface area contributed by atoms with E-state index in [0.717, 1.165) is 13.0 Å². The van der Waals surface area contributed by atoms with Gasteiger partial charge in [0.25, 0.3) is 0 Å². The average Bonchev–Trinajstić information content (AvgIpc) is 2.52. The van der Waals surface area contributed by atoms with Gasteiger partial charge in [0.15, 0.2) is 0 Å². The third-order valence-corrected chi connectivity index (χ3v) is 1.79. The van der Waals surface area contributed by atoms with Gasteiger partial charge in [-0.2, -0.15) is 0 Å². The van der Waals surface area contributed by atoms with Crippen LogP contribution in [0.15, 0.2) is 17.3 Å². The van der Waals surface area contributed by atoms with Crippen LogP contribution in [0.4, 0.5) is 0 Å². The van der Waals surface area contributed by atoms with Crippen LogP contribution in [0, 0.1) is 0 Å². The smallest absolute Gasteiger partial charge is 0.116 e. The van der Waals surface area contributed by atoms with Crippen molar-refractivity contribution >= 4 is 5.84 Å². The maximum atomic E-state index is 5.70. The molecule has 11 heavy (non-hydrogen) atoms. The molecule has 0 spiro atoms. The fourth-order valence-electron chi connectivity index (χ4n) is 1.19. The number of aliphatic imine (C=N–C) groups is 1. The Balaban J connectivity index is 2.44. The number of amidine groups is 1. The summed E-state index contributed by atoms with van der Waals surface area (Å²) in [5.74, 6) is 0.709. The molecule has 1 saturated heterocycles. The summed E-state index contributed by atoms with van der Waals surface area (Å²) in [5, 5.41) is 3.28. The lowest BCUT2D eigenvalue weighted by molar-refractivity contribution is 0.756. The summed E-state index contributed by atoms with van der Waals surface area (Å²) in [6, 6.07) is 0.311. The molecule has 1 aliphatic rings. The average molecular weight is 153 g/mol. The van der Waals surface area contributed by atoms with E-state index in [4.69, 9.17) is 5.73 Å². The first-order chi connectivity index (χ1) is 5.34. The Kier molecular flexibility index (Phi) is 3.11. The normalized spacial score (nSPS) is 26.6. The van der Waals surface area contributed by atoms with Crippen molar-refractivity contribution < 1.29 is 0 Å². The Morgan fingerprint density at radius 1 is 1.73 bits per heavy atom. The molecule has 3 N–H and O–H groups in total. The molecule has 1 heterocycles. The molecule has 0 radical (unpaired) electrons. The third-order valence-electron chi connectivity index (χ3n) is 1.79. The van der Waals surface area contributed by atoms with Crippen molar-refractivity contribution in [2.75, 3.05) is 6.54 Å². The van der Waals surface area contributed by atoms with Gasteiger partial charge in [0.05, 0.1) is 6.04 Å². The predicted molar refractivity (Wildman–Crippen MR) is 47.5 cm³/mol. The molecular weight excluding hydrogens is 138 g/mol. The minimum Gasteiger partial charge on any atom is -0.386 e. The lowest BCUT2D eigenvalue weighted by Gasteiger charge is -2.07. The molecule has 1 fully saturated rings. The molecule has 0 aromatic rings. The van der Waals surface area contributed by atoms with Gasteiger partial charge >= 0.3 is 0 Å². The van der Waals surface area contributed by atoms with E-state index in [1.54, 1.807) is 6.20 Å². The molecule has 1 unspecified atom stereocenters. The number of hydrogen-bond donors (Lipinski definition) is 2. The summed E-state index contributed by atoms with van der Waals surface area (Å²) in [5.41, 5.74) is 5.70. The fourth-order valence-corrected chi connectivity index (χ4v) is 1.19. The first-order valence-electron chi connectivity index (χ1n) is 4.02. The Morgan fingerprint density at radius 3 is 3.09 bits per heavy atom. The zero-order valence-electron chi connectivity index (χ0n) is 6.88. The molecule has 1 aliphatic heterocycles. The van der Waals surface area contributed by atoms with Crippen molar-refractivity contribution in [3.05, 3.63) is 12.3 Å². The highest BCUT2D eigenvalue weighted by Gasteiger charge is 2.16. The maximum Gasteiger partial charge on any atom is 0.116 e. The highest BCUT2D eigenvalue weighted by Crippen LogP contribution is 2.04. The van der Waals surface area contributed by atoms with E-state index in [-0.39, 0.29) is 0 Å². The quantitative estimate of drug-likeness (QED) is 0.451. The van der Waals surface area contributed by atoms with Crippen molar-refractivity contribution in [3.63, 3.8) is 0 Å². The summed E-state index contributed by atoms with van der Waals surface area (Å²) in [6.07, 6.45) is 5.93. The van der Waals surface area contributed by atoms with E-state index in [9.17, 15) is 0 Å². The van der Waals surface area contributed by atoms with Crippen molar-refractivity contribution in [2.24, 2.45) is 10.7 Å². The Bertz CT molecular complexity index is 166. The Hall–Kier alpha value is -0.830. The highest BCUT2D eigenvalue weighted by molar-refractivity contribution is 5.86. The summed E-state index contributed by atoms with van der Waals surface area (Å²) in [4.78, 5) is 4.08. The molecule has 1 rings (SSSR count). The maximum absolute atomic E-state index is 5.70. The Labute approximate surface area is 67.4 Å². The summed E-state index contributed by atoms with van der Waals surface area (Å²) >= 11 is 0. The first-order valence-corrected chi connectivity index (χ1v) is 4.02. The molecule has 62 valence electrons. The highest BCUT2D eigenvalue weighted by atomic mass is 15.0. The molecule has 0 aromatic heterocycles. The van der Waals surface area contributed by atoms with Crippen LogP contribution in [0.1, 0.15) is 19.8 Å². The lowest BCUT2D eigenvalue weighted by atomic mass is 10.2. The van der Waals surface area contributed by atoms with Crippen molar-refractivity contribution in [3.8, 4) is 0 Å². The molecule has 0 aromatic carbocycles. The SMILES string of the molecule is C/C=C/N=C(N)C1CCCN1. The summed E-state index contributed by atoms with van der Waals surface area (Å²) in [7, 11) is 0. The van der Waals surface area contributed by atoms with Gasteiger partial charge < -0.3 is 11.1 Å². The molecule has 0 saturated carbocycles. The van der Waals surface area contributed by atoms with E-state index in [0.29, 0.717) is 11.9 Å². The number of nitrogens with two attached hydrogens (primary N) is 1. The standard InChI is InChI=1S/C8H15N3/c1-2-5-11-8(9)7-4-3-6-10-7/h2,5,7,10H,3-4,6H2,1H3,(H2,9,11)/b5-2+. The molecule has 1 atom stereocenters. The van der Waals surface area contributed by atoms with Gasteiger partial charge in [-0.15, -0.1) is 0 Å². The fraction of sp³-hybridized carbons (Fsp3) is 0.625. The van der Waals surface area contributed by atoms with Crippen LogP contribution in [0.2, 0.25) is 0 Å². The minimum absolute atomic E-state index is 0.311. The van der Waals surface area contributed by atoms with Gasteiger partial charge in [-0.25, -0.2) is 4.99 Å². The number of hydrogen-bond acceptors (Lipinski definition) is 2. The zero-order valence-corrected chi connectivity index (χ0v) is 6.88. The largest absolute Gasteiger partial charge is 0.386 e. The van der Waals surface area contributed by atoms with E-state index in [1.807, 2.05) is 13.0 Å². The van der Waals surface area contributed by atoms with Crippen LogP contribution in [-0.4, -0.2) is 18.4 Å². The molecule has 3 heteroatoms. The van der Waals surface area contributed by atoms with Gasteiger partial charge in [-0.3, -0.25) is 0 Å². The minimum atomic E-state index is 0.311. The Morgan fingerprint density at radius 2 is 2.55 bits per heavy atom. The lowest BCUT2D eigenvalue weighted by Crippen LogP contribution is -2.36. The van der Waals surface area contributed by atoms with E-state index < -0.39 is 0 Å². The van der Waals surface area contributed by atoms with Crippen LogP contribution < -0.4 is 11.1 Å². The van der Waals surface area contributed by atoms with Gasteiger partial charge in [0.1, 0.15) is 5.84 Å². The van der Waals surface area contributed by atoms with Gasteiger partial charge in [-0.1, -0.05) is 6.08 Å². The van der Waals surface area contributed by atoms with E-state index >= 15 is 0 Å². The second-order valence-electron chi connectivity index (χ2n) is 2.69.